The van der Waals surface area contributed by atoms with E-state index in [0.29, 0.717) is 19.0 Å². The molecule has 1 aliphatic carbocycles. The van der Waals surface area contributed by atoms with Gasteiger partial charge in [0.1, 0.15) is 0 Å². The predicted octanol–water partition coefficient (Wildman–Crippen LogP) is 1.12. The van der Waals surface area contributed by atoms with Crippen LogP contribution in [-0.2, 0) is 9.84 Å². The molecular weight excluding hydrogens is 274 g/mol. The van der Waals surface area contributed by atoms with Crippen molar-refractivity contribution in [3.05, 3.63) is 0 Å². The molecule has 1 aliphatic heterocycles. The lowest BCUT2D eigenvalue weighted by Gasteiger charge is -2.39. The highest BCUT2D eigenvalue weighted by molar-refractivity contribution is 7.92. The standard InChI is InChI=1S/C14H27N3O2S/c1-5-15-13(16-9-12-8-11(12)2)17-6-7-20(18,19)14(3,4)10-17/h11-12H,5-10H2,1-4H3,(H,15,16). The molecular formula is C14H27N3O2S. The average Bonchev–Trinajstić information content (AvgIpc) is 3.04. The van der Waals surface area contributed by atoms with Crippen LogP contribution in [0, 0.1) is 11.8 Å². The normalized spacial score (nSPS) is 32.0. The molecule has 2 aliphatic rings. The van der Waals surface area contributed by atoms with Crippen molar-refractivity contribution < 1.29 is 8.42 Å². The number of nitrogens with one attached hydrogen (secondary N) is 1. The van der Waals surface area contributed by atoms with Crippen molar-refractivity contribution >= 4 is 15.8 Å². The first-order valence-electron chi connectivity index (χ1n) is 7.52. The van der Waals surface area contributed by atoms with Gasteiger partial charge in [-0.05, 0) is 39.0 Å². The van der Waals surface area contributed by atoms with Crippen molar-refractivity contribution in [1.82, 2.24) is 10.2 Å². The Kier molecular flexibility index (Phi) is 4.33. The Balaban J connectivity index is 2.06. The Hall–Kier alpha value is -0.780. The molecule has 0 bridgehead atoms. The Morgan fingerprint density at radius 2 is 2.10 bits per heavy atom. The average molecular weight is 301 g/mol. The topological polar surface area (TPSA) is 61.8 Å². The van der Waals surface area contributed by atoms with Crippen LogP contribution in [0.2, 0.25) is 0 Å². The summed E-state index contributed by atoms with van der Waals surface area (Å²) in [6.07, 6.45) is 1.27. The van der Waals surface area contributed by atoms with Gasteiger partial charge in [0, 0.05) is 26.2 Å². The number of aliphatic imine (C=N–C) groups is 1. The Morgan fingerprint density at radius 3 is 2.60 bits per heavy atom. The number of rotatable bonds is 3. The van der Waals surface area contributed by atoms with Crippen LogP contribution in [0.1, 0.15) is 34.1 Å². The summed E-state index contributed by atoms with van der Waals surface area (Å²) in [7, 11) is -2.99. The molecule has 0 radical (unpaired) electrons. The summed E-state index contributed by atoms with van der Waals surface area (Å²) in [5, 5.41) is 3.30. The van der Waals surface area contributed by atoms with Gasteiger partial charge >= 0.3 is 0 Å². The Bertz CT molecular complexity index is 485. The van der Waals surface area contributed by atoms with Gasteiger partial charge in [0.2, 0.25) is 0 Å². The first kappa shape index (κ1) is 15.6. The summed E-state index contributed by atoms with van der Waals surface area (Å²) in [6, 6.07) is 0. The van der Waals surface area contributed by atoms with Crippen molar-refractivity contribution in [2.75, 3.05) is 31.9 Å². The molecule has 20 heavy (non-hydrogen) atoms. The van der Waals surface area contributed by atoms with Gasteiger partial charge in [-0.1, -0.05) is 6.92 Å². The van der Waals surface area contributed by atoms with Crippen LogP contribution in [0.4, 0.5) is 0 Å². The second-order valence-corrected chi connectivity index (χ2v) is 9.41. The van der Waals surface area contributed by atoms with E-state index >= 15 is 0 Å². The minimum absolute atomic E-state index is 0.213. The number of hydrogen-bond donors (Lipinski definition) is 1. The van der Waals surface area contributed by atoms with Gasteiger partial charge in [0.25, 0.3) is 0 Å². The highest BCUT2D eigenvalue weighted by Crippen LogP contribution is 2.37. The van der Waals surface area contributed by atoms with Crippen LogP contribution in [0.5, 0.6) is 0 Å². The smallest absolute Gasteiger partial charge is 0.194 e. The summed E-state index contributed by atoms with van der Waals surface area (Å²) in [5.41, 5.74) is 0. The summed E-state index contributed by atoms with van der Waals surface area (Å²) < 4.78 is 23.4. The summed E-state index contributed by atoms with van der Waals surface area (Å²) in [5.74, 6) is 2.59. The van der Waals surface area contributed by atoms with Crippen LogP contribution in [0.3, 0.4) is 0 Å². The van der Waals surface area contributed by atoms with Crippen LogP contribution < -0.4 is 5.32 Å². The highest BCUT2D eigenvalue weighted by Gasteiger charge is 2.41. The summed E-state index contributed by atoms with van der Waals surface area (Å²) in [4.78, 5) is 6.79. The Morgan fingerprint density at radius 1 is 1.45 bits per heavy atom. The summed E-state index contributed by atoms with van der Waals surface area (Å²) in [6.45, 7) is 10.6. The Labute approximate surface area is 122 Å². The van der Waals surface area contributed by atoms with Crippen molar-refractivity contribution in [3.63, 3.8) is 0 Å². The van der Waals surface area contributed by atoms with Gasteiger partial charge in [0.05, 0.1) is 10.5 Å². The van der Waals surface area contributed by atoms with Crippen molar-refractivity contribution in [1.29, 1.82) is 0 Å². The van der Waals surface area contributed by atoms with Crippen molar-refractivity contribution in [2.24, 2.45) is 16.8 Å². The molecule has 0 aromatic carbocycles. The van der Waals surface area contributed by atoms with Crippen molar-refractivity contribution in [2.45, 2.75) is 38.9 Å². The van der Waals surface area contributed by atoms with E-state index in [4.69, 9.17) is 4.99 Å². The number of hydrogen-bond acceptors (Lipinski definition) is 3. The predicted molar refractivity (Wildman–Crippen MR) is 82.7 cm³/mol. The third-order valence-electron chi connectivity index (χ3n) is 4.43. The zero-order valence-electron chi connectivity index (χ0n) is 13.0. The molecule has 1 heterocycles. The lowest BCUT2D eigenvalue weighted by Crippen LogP contribution is -2.57. The van der Waals surface area contributed by atoms with E-state index < -0.39 is 14.6 Å². The molecule has 116 valence electrons. The molecule has 0 aromatic heterocycles. The van der Waals surface area contributed by atoms with E-state index in [1.807, 2.05) is 6.92 Å². The van der Waals surface area contributed by atoms with E-state index in [9.17, 15) is 8.42 Å². The molecule has 0 amide bonds. The maximum atomic E-state index is 12.1. The number of guanidine groups is 1. The third-order valence-corrected chi connectivity index (χ3v) is 6.96. The van der Waals surface area contributed by atoms with Crippen LogP contribution >= 0.6 is 0 Å². The lowest BCUT2D eigenvalue weighted by atomic mass is 10.2. The SMILES string of the molecule is CCNC(=NCC1CC1C)N1CCS(=O)(=O)C(C)(C)C1. The van der Waals surface area contributed by atoms with E-state index in [1.54, 1.807) is 13.8 Å². The van der Waals surface area contributed by atoms with Gasteiger partial charge in [-0.15, -0.1) is 0 Å². The molecule has 2 fully saturated rings. The van der Waals surface area contributed by atoms with Gasteiger partial charge in [-0.3, -0.25) is 4.99 Å². The van der Waals surface area contributed by atoms with E-state index in [1.165, 1.54) is 6.42 Å². The van der Waals surface area contributed by atoms with Gasteiger partial charge in [-0.2, -0.15) is 0 Å². The fourth-order valence-corrected chi connectivity index (χ4v) is 3.97. The lowest BCUT2D eigenvalue weighted by molar-refractivity contribution is 0.353. The van der Waals surface area contributed by atoms with Gasteiger partial charge in [0.15, 0.2) is 15.8 Å². The third kappa shape index (κ3) is 3.27. The van der Waals surface area contributed by atoms with Crippen molar-refractivity contribution in [3.8, 4) is 0 Å². The van der Waals surface area contributed by atoms with Crippen LogP contribution in [0.25, 0.3) is 0 Å². The molecule has 0 spiro atoms. The largest absolute Gasteiger partial charge is 0.357 e. The molecule has 0 aromatic rings. The van der Waals surface area contributed by atoms with Gasteiger partial charge < -0.3 is 10.2 Å². The molecule has 5 nitrogen and oxygen atoms in total. The second-order valence-electron chi connectivity index (χ2n) is 6.67. The quantitative estimate of drug-likeness (QED) is 0.627. The minimum Gasteiger partial charge on any atom is -0.357 e. The first-order valence-corrected chi connectivity index (χ1v) is 9.17. The van der Waals surface area contributed by atoms with E-state index in [2.05, 4.69) is 17.1 Å². The zero-order valence-corrected chi connectivity index (χ0v) is 13.8. The summed E-state index contributed by atoms with van der Waals surface area (Å²) >= 11 is 0. The molecule has 6 heteroatoms. The molecule has 2 unspecified atom stereocenters. The van der Waals surface area contributed by atoms with E-state index in [0.717, 1.165) is 25.0 Å². The number of sulfone groups is 1. The minimum atomic E-state index is -2.99. The monoisotopic (exact) mass is 301 g/mol. The molecule has 2 rings (SSSR count). The maximum Gasteiger partial charge on any atom is 0.194 e. The first-order chi connectivity index (χ1) is 9.27. The molecule has 2 atom stereocenters. The molecule has 1 saturated carbocycles. The maximum absolute atomic E-state index is 12.1. The molecule has 1 N–H and O–H groups in total. The number of nitrogens with zero attached hydrogens (tertiary/aromatic N) is 2. The van der Waals surface area contributed by atoms with Crippen LogP contribution in [-0.4, -0.2) is 56.0 Å². The second kappa shape index (κ2) is 5.54. The fraction of sp³-hybridized carbons (Fsp3) is 0.929. The fourth-order valence-electron chi connectivity index (χ4n) is 2.61. The highest BCUT2D eigenvalue weighted by atomic mass is 32.2. The zero-order chi connectivity index (χ0) is 15.0. The molecule has 1 saturated heterocycles. The van der Waals surface area contributed by atoms with Gasteiger partial charge in [-0.25, -0.2) is 8.42 Å². The van der Waals surface area contributed by atoms with Crippen LogP contribution in [0.15, 0.2) is 4.99 Å². The van der Waals surface area contributed by atoms with E-state index in [-0.39, 0.29) is 5.75 Å².